The van der Waals surface area contributed by atoms with Crippen LogP contribution in [0.4, 0.5) is 0 Å². The smallest absolute Gasteiger partial charge is 0.340 e. The van der Waals surface area contributed by atoms with Crippen molar-refractivity contribution < 1.29 is 15.0 Å². The average Bonchev–Trinajstić information content (AvgIpc) is 2.50. The first-order valence-electron chi connectivity index (χ1n) is 3.62. The van der Waals surface area contributed by atoms with Gasteiger partial charge in [0.1, 0.15) is 11.3 Å². The molecule has 0 amide bonds. The Morgan fingerprint density at radius 2 is 2.08 bits per heavy atom. The van der Waals surface area contributed by atoms with E-state index in [0.29, 0.717) is 4.70 Å². The van der Waals surface area contributed by atoms with Gasteiger partial charge in [0.15, 0.2) is 0 Å². The van der Waals surface area contributed by atoms with Gasteiger partial charge in [0.25, 0.3) is 0 Å². The van der Waals surface area contributed by atoms with E-state index in [1.807, 2.05) is 6.07 Å². The molecule has 0 radical (unpaired) electrons. The summed E-state index contributed by atoms with van der Waals surface area (Å²) in [4.78, 5) is 10.8. The summed E-state index contributed by atoms with van der Waals surface area (Å²) in [7, 11) is 0. The lowest BCUT2D eigenvalue weighted by Crippen LogP contribution is -1.96. The number of carbonyl (C=O) groups is 1. The molecule has 66 valence electrons. The third-order valence-electron chi connectivity index (χ3n) is 1.81. The van der Waals surface area contributed by atoms with Crippen molar-refractivity contribution in [1.29, 1.82) is 0 Å². The highest BCUT2D eigenvalue weighted by Gasteiger charge is 2.14. The predicted molar refractivity (Wildman–Crippen MR) is 50.4 cm³/mol. The molecule has 0 saturated carbocycles. The van der Waals surface area contributed by atoms with Crippen molar-refractivity contribution in [1.82, 2.24) is 0 Å². The maximum Gasteiger partial charge on any atom is 0.340 e. The molecule has 3 nitrogen and oxygen atoms in total. The van der Waals surface area contributed by atoms with Gasteiger partial charge in [-0.3, -0.25) is 0 Å². The lowest BCUT2D eigenvalue weighted by atomic mass is 10.1. The van der Waals surface area contributed by atoms with Gasteiger partial charge >= 0.3 is 5.97 Å². The van der Waals surface area contributed by atoms with E-state index in [2.05, 4.69) is 0 Å². The summed E-state index contributed by atoms with van der Waals surface area (Å²) in [5.74, 6) is -1.27. The number of aromatic carboxylic acids is 1. The molecule has 1 heterocycles. The van der Waals surface area contributed by atoms with Crippen molar-refractivity contribution in [3.05, 3.63) is 29.1 Å². The van der Waals surface area contributed by atoms with Gasteiger partial charge < -0.3 is 10.2 Å². The molecule has 4 heteroatoms. The summed E-state index contributed by atoms with van der Waals surface area (Å²) in [5, 5.41) is 20.8. The van der Waals surface area contributed by atoms with E-state index in [0.717, 1.165) is 5.39 Å². The molecule has 0 saturated heterocycles. The quantitative estimate of drug-likeness (QED) is 0.732. The van der Waals surface area contributed by atoms with Crippen LogP contribution in [0.2, 0.25) is 0 Å². The average molecular weight is 194 g/mol. The second-order valence-corrected chi connectivity index (χ2v) is 3.52. The Hall–Kier alpha value is -1.55. The number of thiophene rings is 1. The number of fused-ring (bicyclic) bond motifs is 1. The predicted octanol–water partition coefficient (Wildman–Crippen LogP) is 2.31. The van der Waals surface area contributed by atoms with Gasteiger partial charge in [-0.1, -0.05) is 0 Å². The molecule has 2 rings (SSSR count). The summed E-state index contributed by atoms with van der Waals surface area (Å²) in [6, 6.07) is 4.93. The van der Waals surface area contributed by atoms with Gasteiger partial charge in [-0.05, 0) is 29.0 Å². The zero-order valence-electron chi connectivity index (χ0n) is 6.52. The third kappa shape index (κ3) is 1.15. The van der Waals surface area contributed by atoms with Crippen LogP contribution in [0.15, 0.2) is 23.6 Å². The minimum atomic E-state index is -1.09. The molecule has 0 atom stereocenters. The number of carboxylic acid groups (broad SMARTS) is 1. The molecule has 1 aromatic heterocycles. The SMILES string of the molecule is O=C(O)c1c(O)ccc2ccsc12. The monoisotopic (exact) mass is 194 g/mol. The van der Waals surface area contributed by atoms with Gasteiger partial charge in [0.2, 0.25) is 0 Å². The lowest BCUT2D eigenvalue weighted by Gasteiger charge is -1.99. The fourth-order valence-corrected chi connectivity index (χ4v) is 2.16. The fourth-order valence-electron chi connectivity index (χ4n) is 1.23. The first-order chi connectivity index (χ1) is 6.20. The van der Waals surface area contributed by atoms with Crippen molar-refractivity contribution >= 4 is 27.4 Å². The summed E-state index contributed by atoms with van der Waals surface area (Å²) in [5.41, 5.74) is -0.00694. The number of phenols is 1. The molecule has 0 aliphatic carbocycles. The van der Waals surface area contributed by atoms with Crippen molar-refractivity contribution in [2.24, 2.45) is 0 Å². The molecule has 0 aliphatic heterocycles. The maximum absolute atomic E-state index is 10.8. The van der Waals surface area contributed by atoms with Crippen LogP contribution in [-0.4, -0.2) is 16.2 Å². The summed E-state index contributed by atoms with van der Waals surface area (Å²) in [6.07, 6.45) is 0. The molecule has 1 aromatic carbocycles. The molecule has 0 bridgehead atoms. The van der Waals surface area contributed by atoms with E-state index < -0.39 is 5.97 Å². The Morgan fingerprint density at radius 1 is 1.31 bits per heavy atom. The van der Waals surface area contributed by atoms with Crippen LogP contribution in [0, 0.1) is 0 Å². The normalized spacial score (nSPS) is 10.5. The van der Waals surface area contributed by atoms with E-state index >= 15 is 0 Å². The van der Waals surface area contributed by atoms with Gasteiger partial charge in [-0.2, -0.15) is 0 Å². The van der Waals surface area contributed by atoms with Crippen molar-refractivity contribution in [3.8, 4) is 5.75 Å². The molecular formula is C9H6O3S. The number of rotatable bonds is 1. The Labute approximate surface area is 77.9 Å². The lowest BCUT2D eigenvalue weighted by molar-refractivity contribution is 0.0696. The highest BCUT2D eigenvalue weighted by Crippen LogP contribution is 2.30. The highest BCUT2D eigenvalue weighted by molar-refractivity contribution is 7.17. The molecule has 13 heavy (non-hydrogen) atoms. The molecule has 2 N–H and O–H groups in total. The van der Waals surface area contributed by atoms with E-state index in [1.54, 1.807) is 11.4 Å². The van der Waals surface area contributed by atoms with Crippen LogP contribution in [0.3, 0.4) is 0 Å². The topological polar surface area (TPSA) is 57.5 Å². The van der Waals surface area contributed by atoms with Crippen LogP contribution < -0.4 is 0 Å². The molecule has 0 spiro atoms. The van der Waals surface area contributed by atoms with Crippen LogP contribution in [0.1, 0.15) is 10.4 Å². The highest BCUT2D eigenvalue weighted by atomic mass is 32.1. The summed E-state index contributed by atoms with van der Waals surface area (Å²) >= 11 is 1.32. The first kappa shape index (κ1) is 8.07. The van der Waals surface area contributed by atoms with Gasteiger partial charge in [0.05, 0.1) is 4.70 Å². The van der Waals surface area contributed by atoms with E-state index in [9.17, 15) is 9.90 Å². The van der Waals surface area contributed by atoms with Gasteiger partial charge in [-0.25, -0.2) is 4.79 Å². The number of benzene rings is 1. The number of hydrogen-bond acceptors (Lipinski definition) is 3. The minimum Gasteiger partial charge on any atom is -0.507 e. The van der Waals surface area contributed by atoms with Gasteiger partial charge in [-0.15, -0.1) is 11.3 Å². The van der Waals surface area contributed by atoms with Crippen molar-refractivity contribution in [3.63, 3.8) is 0 Å². The Kier molecular flexibility index (Phi) is 1.70. The second-order valence-electron chi connectivity index (χ2n) is 2.60. The summed E-state index contributed by atoms with van der Waals surface area (Å²) in [6.45, 7) is 0. The zero-order chi connectivity index (χ0) is 9.42. The third-order valence-corrected chi connectivity index (χ3v) is 2.76. The standard InChI is InChI=1S/C9H6O3S/c10-6-2-1-5-3-4-13-8(5)7(6)9(11)12/h1-4,10H,(H,11,12). The molecular weight excluding hydrogens is 188 g/mol. The molecule has 0 aliphatic rings. The number of hydrogen-bond donors (Lipinski definition) is 2. The molecule has 0 unspecified atom stereocenters. The molecule has 2 aromatic rings. The van der Waals surface area contributed by atoms with Crippen molar-refractivity contribution in [2.45, 2.75) is 0 Å². The van der Waals surface area contributed by atoms with E-state index in [1.165, 1.54) is 17.4 Å². The maximum atomic E-state index is 10.8. The zero-order valence-corrected chi connectivity index (χ0v) is 7.34. The Bertz CT molecular complexity index is 473. The largest absolute Gasteiger partial charge is 0.507 e. The van der Waals surface area contributed by atoms with E-state index in [4.69, 9.17) is 5.11 Å². The Morgan fingerprint density at radius 3 is 2.77 bits per heavy atom. The van der Waals surface area contributed by atoms with Crippen LogP contribution in [0.25, 0.3) is 10.1 Å². The van der Waals surface area contributed by atoms with Crippen LogP contribution >= 0.6 is 11.3 Å². The van der Waals surface area contributed by atoms with E-state index in [-0.39, 0.29) is 11.3 Å². The molecule has 0 fully saturated rings. The first-order valence-corrected chi connectivity index (χ1v) is 4.50. The van der Waals surface area contributed by atoms with Crippen LogP contribution in [0.5, 0.6) is 5.75 Å². The number of aromatic hydroxyl groups is 1. The second kappa shape index (κ2) is 2.74. The summed E-state index contributed by atoms with van der Waals surface area (Å²) < 4.78 is 0.618. The van der Waals surface area contributed by atoms with Crippen LogP contribution in [-0.2, 0) is 0 Å². The van der Waals surface area contributed by atoms with Crippen molar-refractivity contribution in [2.75, 3.05) is 0 Å². The minimum absolute atomic E-state index is 0.00694. The number of carboxylic acids is 1. The Balaban J connectivity index is 2.88. The van der Waals surface area contributed by atoms with Gasteiger partial charge in [0, 0.05) is 0 Å². The fraction of sp³-hybridized carbons (Fsp3) is 0.